The van der Waals surface area contributed by atoms with Gasteiger partial charge in [-0.1, -0.05) is 0 Å². The zero-order chi connectivity index (χ0) is 10.2. The van der Waals surface area contributed by atoms with E-state index in [2.05, 4.69) is 4.90 Å². The predicted octanol–water partition coefficient (Wildman–Crippen LogP) is -0.624. The highest BCUT2D eigenvalue weighted by Gasteiger charge is 2.44. The van der Waals surface area contributed by atoms with Gasteiger partial charge in [0, 0.05) is 20.1 Å². The first kappa shape index (κ1) is 10.1. The lowest BCUT2D eigenvalue weighted by atomic mass is 10.4. The van der Waals surface area contributed by atoms with Gasteiger partial charge in [-0.25, -0.2) is 0 Å². The number of carbonyl (C=O) groups is 1. The van der Waals surface area contributed by atoms with Crippen LogP contribution in [-0.2, 0) is 13.6 Å². The molecule has 5 nitrogen and oxygen atoms in total. The van der Waals surface area contributed by atoms with Crippen molar-refractivity contribution in [3.05, 3.63) is 0 Å². The highest BCUT2D eigenvalue weighted by Crippen LogP contribution is 2.17. The number of amides is 1. The van der Waals surface area contributed by atoms with E-state index >= 15 is 0 Å². The minimum absolute atomic E-state index is 0.110. The van der Waals surface area contributed by atoms with E-state index in [1.165, 1.54) is 0 Å². The summed E-state index contributed by atoms with van der Waals surface area (Å²) in [6, 6.07) is 0. The summed E-state index contributed by atoms with van der Waals surface area (Å²) in [6.07, 6.45) is 0. The monoisotopic (exact) mass is 216 g/mol. The fourth-order valence-electron chi connectivity index (χ4n) is 1.76. The fraction of sp³-hybridized carbons (Fsp3) is 0.875. The molecule has 3 aliphatic heterocycles. The van der Waals surface area contributed by atoms with Gasteiger partial charge in [0.1, 0.15) is 0 Å². The van der Waals surface area contributed by atoms with Gasteiger partial charge >= 0.3 is 8.72 Å². The molecule has 6 heteroatoms. The van der Waals surface area contributed by atoms with Crippen LogP contribution in [0.5, 0.6) is 0 Å². The van der Waals surface area contributed by atoms with E-state index in [1.54, 1.807) is 11.6 Å². The van der Waals surface area contributed by atoms with Gasteiger partial charge in [-0.3, -0.25) is 9.69 Å². The van der Waals surface area contributed by atoms with Gasteiger partial charge in [0.15, 0.2) is 0 Å². The molecule has 3 heterocycles. The molecule has 0 aromatic rings. The highest BCUT2D eigenvalue weighted by molar-refractivity contribution is 6.65. The lowest BCUT2D eigenvalue weighted by Crippen LogP contribution is -2.63. The summed E-state index contributed by atoms with van der Waals surface area (Å²) in [5.74, 6) is 0.110. The molecule has 0 aliphatic carbocycles. The third-order valence-electron chi connectivity index (χ3n) is 2.90. The van der Waals surface area contributed by atoms with Gasteiger partial charge < -0.3 is 13.4 Å². The molecular formula is C8H16N2O3Si. The Hall–Kier alpha value is -0.433. The van der Waals surface area contributed by atoms with Crippen LogP contribution in [0.3, 0.4) is 0 Å². The Morgan fingerprint density at radius 2 is 1.86 bits per heavy atom. The Labute approximate surface area is 84.9 Å². The molecule has 0 unspecified atom stereocenters. The summed E-state index contributed by atoms with van der Waals surface area (Å²) in [5, 5.41) is 0. The topological polar surface area (TPSA) is 42.0 Å². The molecule has 0 radical (unpaired) electrons. The number of carbonyl (C=O) groups excluding carboxylic acids is 1. The standard InChI is InChI=1S/C8H16N2O3Si/c1-9-8(11)7-10-3-5-12-14(9,2)13-6-4-10/h3-7H2,1-2H3. The van der Waals surface area contributed by atoms with Gasteiger partial charge in [-0.05, 0) is 6.55 Å². The molecule has 0 atom stereocenters. The van der Waals surface area contributed by atoms with Crippen LogP contribution in [0.1, 0.15) is 0 Å². The molecule has 2 bridgehead atoms. The van der Waals surface area contributed by atoms with Gasteiger partial charge in [-0.15, -0.1) is 0 Å². The number of likely N-dealkylation sites (N-methyl/N-ethyl adjacent to an activating group) is 1. The summed E-state index contributed by atoms with van der Waals surface area (Å²) >= 11 is 0. The van der Waals surface area contributed by atoms with E-state index in [0.29, 0.717) is 19.8 Å². The third-order valence-corrected chi connectivity index (χ3v) is 5.84. The summed E-state index contributed by atoms with van der Waals surface area (Å²) in [4.78, 5) is 13.8. The molecule has 0 aromatic heterocycles. The van der Waals surface area contributed by atoms with E-state index < -0.39 is 8.72 Å². The zero-order valence-electron chi connectivity index (χ0n) is 8.65. The summed E-state index contributed by atoms with van der Waals surface area (Å²) in [5.41, 5.74) is 0. The first-order valence-corrected chi connectivity index (χ1v) is 7.15. The van der Waals surface area contributed by atoms with E-state index in [4.69, 9.17) is 8.85 Å². The first-order chi connectivity index (χ1) is 6.62. The molecule has 0 spiro atoms. The Morgan fingerprint density at radius 1 is 1.29 bits per heavy atom. The van der Waals surface area contributed by atoms with Crippen LogP contribution in [0.15, 0.2) is 0 Å². The maximum atomic E-state index is 11.7. The van der Waals surface area contributed by atoms with Crippen molar-refractivity contribution in [1.82, 2.24) is 9.47 Å². The maximum absolute atomic E-state index is 11.7. The van der Waals surface area contributed by atoms with Crippen LogP contribution < -0.4 is 0 Å². The van der Waals surface area contributed by atoms with Crippen molar-refractivity contribution in [3.8, 4) is 0 Å². The third kappa shape index (κ3) is 1.70. The van der Waals surface area contributed by atoms with Gasteiger partial charge in [0.25, 0.3) is 0 Å². The normalized spacial score (nSPS) is 39.1. The summed E-state index contributed by atoms with van der Waals surface area (Å²) in [6.45, 7) is 5.45. The van der Waals surface area contributed by atoms with E-state index in [1.807, 2.05) is 6.55 Å². The second kappa shape index (κ2) is 3.61. The summed E-state index contributed by atoms with van der Waals surface area (Å²) in [7, 11) is -0.609. The first-order valence-electron chi connectivity index (χ1n) is 4.89. The Morgan fingerprint density at radius 3 is 2.43 bits per heavy atom. The molecule has 3 aliphatic rings. The van der Waals surface area contributed by atoms with Crippen molar-refractivity contribution in [2.75, 3.05) is 39.9 Å². The molecular weight excluding hydrogens is 200 g/mol. The molecule has 80 valence electrons. The Kier molecular flexibility index (Phi) is 2.61. The molecule has 3 rings (SSSR count). The lowest BCUT2D eigenvalue weighted by molar-refractivity contribution is -0.132. The quantitative estimate of drug-likeness (QED) is 0.506. The van der Waals surface area contributed by atoms with Gasteiger partial charge in [-0.2, -0.15) is 0 Å². The largest absolute Gasteiger partial charge is 0.458 e. The van der Waals surface area contributed by atoms with Gasteiger partial charge in [0.2, 0.25) is 5.91 Å². The minimum atomic E-state index is -2.39. The lowest BCUT2D eigenvalue weighted by Gasteiger charge is -2.41. The predicted molar refractivity (Wildman–Crippen MR) is 52.7 cm³/mol. The second-order valence-electron chi connectivity index (χ2n) is 3.82. The number of rotatable bonds is 0. The van der Waals surface area contributed by atoms with Gasteiger partial charge in [0.05, 0.1) is 19.8 Å². The van der Waals surface area contributed by atoms with Crippen molar-refractivity contribution in [2.24, 2.45) is 0 Å². The molecule has 0 N–H and O–H groups in total. The average Bonchev–Trinajstić information content (AvgIpc) is 2.11. The smallest absolute Gasteiger partial charge is 0.377 e. The number of hydrogen-bond donors (Lipinski definition) is 0. The van der Waals surface area contributed by atoms with Crippen molar-refractivity contribution in [3.63, 3.8) is 0 Å². The van der Waals surface area contributed by atoms with Crippen LogP contribution in [0, 0.1) is 0 Å². The van der Waals surface area contributed by atoms with Crippen LogP contribution in [0.25, 0.3) is 0 Å². The molecule has 0 aromatic carbocycles. The molecule has 3 saturated heterocycles. The van der Waals surface area contributed by atoms with Crippen molar-refractivity contribution < 1.29 is 13.6 Å². The number of hydrogen-bond acceptors (Lipinski definition) is 4. The zero-order valence-corrected chi connectivity index (χ0v) is 9.65. The molecule has 3 fully saturated rings. The summed E-state index contributed by atoms with van der Waals surface area (Å²) < 4.78 is 13.1. The fourth-order valence-corrected chi connectivity index (χ4v) is 3.69. The SMILES string of the molecule is CN1C(=O)CN2CCO[Si]1(C)OCC2. The van der Waals surface area contributed by atoms with Crippen LogP contribution in [0.4, 0.5) is 0 Å². The van der Waals surface area contributed by atoms with E-state index in [-0.39, 0.29) is 5.91 Å². The van der Waals surface area contributed by atoms with Crippen molar-refractivity contribution in [1.29, 1.82) is 0 Å². The van der Waals surface area contributed by atoms with Crippen LogP contribution in [0.2, 0.25) is 6.55 Å². The average molecular weight is 216 g/mol. The van der Waals surface area contributed by atoms with E-state index in [0.717, 1.165) is 13.1 Å². The minimum Gasteiger partial charge on any atom is -0.377 e. The van der Waals surface area contributed by atoms with Crippen molar-refractivity contribution in [2.45, 2.75) is 6.55 Å². The highest BCUT2D eigenvalue weighted by atomic mass is 28.4. The van der Waals surface area contributed by atoms with Crippen LogP contribution >= 0.6 is 0 Å². The number of nitrogens with zero attached hydrogens (tertiary/aromatic N) is 2. The number of fused-ring (bicyclic) bond motifs is 6. The maximum Gasteiger partial charge on any atom is 0.458 e. The van der Waals surface area contributed by atoms with E-state index in [9.17, 15) is 4.79 Å². The Bertz CT molecular complexity index is 239. The second-order valence-corrected chi connectivity index (χ2v) is 6.87. The molecule has 0 saturated carbocycles. The molecule has 1 amide bonds. The molecule has 14 heavy (non-hydrogen) atoms. The van der Waals surface area contributed by atoms with Crippen molar-refractivity contribution >= 4 is 14.6 Å². The van der Waals surface area contributed by atoms with Crippen LogP contribution in [-0.4, -0.2) is 64.0 Å². The Balaban J connectivity index is 2.24.